The molecule has 0 amide bonds. The summed E-state index contributed by atoms with van der Waals surface area (Å²) in [5.74, 6) is -1.67. The summed E-state index contributed by atoms with van der Waals surface area (Å²) in [4.78, 5) is 23.1. The van der Waals surface area contributed by atoms with E-state index in [1.165, 1.54) is 11.8 Å². The Morgan fingerprint density at radius 3 is 2.41 bits per heavy atom. The molecule has 0 radical (unpaired) electrons. The van der Waals surface area contributed by atoms with Crippen LogP contribution in [0.15, 0.2) is 11.0 Å². The molecular weight excluding hydrogens is 240 g/mol. The van der Waals surface area contributed by atoms with Gasteiger partial charge < -0.3 is 9.84 Å². The summed E-state index contributed by atoms with van der Waals surface area (Å²) in [5, 5.41) is 9.03. The number of ether oxygens (including phenoxy) is 1. The normalized spacial score (nSPS) is 26.5. The number of rotatable bonds is 5. The highest BCUT2D eigenvalue weighted by atomic mass is 32.2. The fraction of sp³-hybridized carbons (Fsp3) is 0.667. The van der Waals surface area contributed by atoms with Gasteiger partial charge in [-0.3, -0.25) is 4.79 Å². The zero-order valence-electron chi connectivity index (χ0n) is 10.5. The van der Waals surface area contributed by atoms with Crippen LogP contribution in [0.3, 0.4) is 0 Å². The first-order chi connectivity index (χ1) is 7.86. The maximum atomic E-state index is 11.6. The van der Waals surface area contributed by atoms with Crippen molar-refractivity contribution in [2.24, 2.45) is 17.3 Å². The molecule has 1 fully saturated rings. The third kappa shape index (κ3) is 2.83. The van der Waals surface area contributed by atoms with Crippen LogP contribution < -0.4 is 0 Å². The Hall–Kier alpha value is -0.970. The SMILES string of the molecule is CCOC(=O)C(=CC1C(C(=O)O)C1(C)C)SC. The Morgan fingerprint density at radius 1 is 1.47 bits per heavy atom. The van der Waals surface area contributed by atoms with Crippen LogP contribution in [0, 0.1) is 17.3 Å². The van der Waals surface area contributed by atoms with E-state index in [1.54, 1.807) is 19.3 Å². The van der Waals surface area contributed by atoms with Crippen LogP contribution >= 0.6 is 11.8 Å². The number of carbonyl (C=O) groups excluding carboxylic acids is 1. The molecule has 0 aromatic rings. The number of esters is 1. The first-order valence-electron chi connectivity index (χ1n) is 5.52. The highest BCUT2D eigenvalue weighted by molar-refractivity contribution is 8.03. The maximum Gasteiger partial charge on any atom is 0.344 e. The summed E-state index contributed by atoms with van der Waals surface area (Å²) in [6.45, 7) is 5.87. The molecule has 1 aliphatic carbocycles. The third-order valence-electron chi connectivity index (χ3n) is 3.20. The fourth-order valence-electron chi connectivity index (χ4n) is 2.05. The molecule has 17 heavy (non-hydrogen) atoms. The minimum absolute atomic E-state index is 0.0909. The van der Waals surface area contributed by atoms with Gasteiger partial charge in [0, 0.05) is 0 Å². The van der Waals surface area contributed by atoms with Crippen LogP contribution in [0.1, 0.15) is 20.8 Å². The van der Waals surface area contributed by atoms with Gasteiger partial charge >= 0.3 is 11.9 Å². The minimum Gasteiger partial charge on any atom is -0.481 e. The maximum absolute atomic E-state index is 11.6. The quantitative estimate of drug-likeness (QED) is 0.604. The number of hydrogen-bond donors (Lipinski definition) is 1. The van der Waals surface area contributed by atoms with Crippen molar-refractivity contribution < 1.29 is 19.4 Å². The minimum atomic E-state index is -0.805. The van der Waals surface area contributed by atoms with Gasteiger partial charge in [0.1, 0.15) is 0 Å². The Balaban J connectivity index is 2.81. The molecule has 1 rings (SSSR count). The van der Waals surface area contributed by atoms with Crippen molar-refractivity contribution >= 4 is 23.7 Å². The lowest BCUT2D eigenvalue weighted by molar-refractivity contribution is -0.140. The van der Waals surface area contributed by atoms with Crippen molar-refractivity contribution in [2.75, 3.05) is 12.9 Å². The van der Waals surface area contributed by atoms with Crippen LogP contribution in [0.5, 0.6) is 0 Å². The number of allylic oxidation sites excluding steroid dienone is 1. The van der Waals surface area contributed by atoms with Gasteiger partial charge in [-0.1, -0.05) is 19.9 Å². The molecule has 2 unspecified atom stereocenters. The largest absolute Gasteiger partial charge is 0.481 e. The second kappa shape index (κ2) is 5.12. The molecule has 0 aromatic heterocycles. The Bertz CT molecular complexity index is 360. The predicted molar refractivity (Wildman–Crippen MR) is 66.6 cm³/mol. The molecule has 0 aliphatic heterocycles. The summed E-state index contributed by atoms with van der Waals surface area (Å²) in [6, 6.07) is 0. The number of aliphatic carboxylic acids is 1. The van der Waals surface area contributed by atoms with E-state index < -0.39 is 11.9 Å². The zero-order valence-corrected chi connectivity index (χ0v) is 11.3. The smallest absolute Gasteiger partial charge is 0.344 e. The predicted octanol–water partition coefficient (Wildman–Crippen LogP) is 2.15. The Labute approximate surface area is 105 Å². The average molecular weight is 258 g/mol. The molecule has 1 aliphatic rings. The summed E-state index contributed by atoms with van der Waals surface area (Å²) in [7, 11) is 0. The standard InChI is InChI=1S/C12H18O4S/c1-5-16-11(15)8(17-4)6-7-9(10(13)14)12(7,2)3/h6-7,9H,5H2,1-4H3,(H,13,14). The van der Waals surface area contributed by atoms with E-state index in [0.29, 0.717) is 11.5 Å². The second-order valence-corrected chi connectivity index (χ2v) is 5.47. The van der Waals surface area contributed by atoms with Gasteiger partial charge in [0.15, 0.2) is 0 Å². The molecule has 1 N–H and O–H groups in total. The van der Waals surface area contributed by atoms with Crippen LogP contribution in [-0.4, -0.2) is 29.9 Å². The number of carboxylic acids is 1. The number of carbonyl (C=O) groups is 2. The number of hydrogen-bond acceptors (Lipinski definition) is 4. The number of thioether (sulfide) groups is 1. The summed E-state index contributed by atoms with van der Waals surface area (Å²) in [6.07, 6.45) is 3.52. The molecular formula is C12H18O4S. The average Bonchev–Trinajstić information content (AvgIpc) is 2.77. The van der Waals surface area contributed by atoms with Gasteiger partial charge in [-0.2, -0.15) is 0 Å². The topological polar surface area (TPSA) is 63.6 Å². The lowest BCUT2D eigenvalue weighted by atomic mass is 10.1. The molecule has 0 saturated heterocycles. The van der Waals surface area contributed by atoms with Crippen molar-refractivity contribution in [3.05, 3.63) is 11.0 Å². The summed E-state index contributed by atoms with van der Waals surface area (Å²) in [5.41, 5.74) is -0.278. The van der Waals surface area contributed by atoms with Gasteiger partial charge in [0.25, 0.3) is 0 Å². The van der Waals surface area contributed by atoms with Crippen molar-refractivity contribution in [2.45, 2.75) is 20.8 Å². The van der Waals surface area contributed by atoms with Gasteiger partial charge in [-0.15, -0.1) is 11.8 Å². The van der Waals surface area contributed by atoms with Gasteiger partial charge in [0.2, 0.25) is 0 Å². The lowest BCUT2D eigenvalue weighted by Crippen LogP contribution is -2.06. The molecule has 5 heteroatoms. The van der Waals surface area contributed by atoms with E-state index in [0.717, 1.165) is 0 Å². The highest BCUT2D eigenvalue weighted by Crippen LogP contribution is 2.59. The van der Waals surface area contributed by atoms with E-state index in [-0.39, 0.29) is 17.3 Å². The van der Waals surface area contributed by atoms with E-state index >= 15 is 0 Å². The van der Waals surface area contributed by atoms with Crippen molar-refractivity contribution in [3.8, 4) is 0 Å². The highest BCUT2D eigenvalue weighted by Gasteiger charge is 2.61. The molecule has 4 nitrogen and oxygen atoms in total. The number of carboxylic acid groups (broad SMARTS) is 1. The van der Waals surface area contributed by atoms with Gasteiger partial charge in [0.05, 0.1) is 17.4 Å². The first kappa shape index (κ1) is 14.1. The van der Waals surface area contributed by atoms with Crippen molar-refractivity contribution in [1.29, 1.82) is 0 Å². The lowest BCUT2D eigenvalue weighted by Gasteiger charge is -2.04. The third-order valence-corrected chi connectivity index (χ3v) is 3.95. The molecule has 2 atom stereocenters. The molecule has 1 saturated carbocycles. The van der Waals surface area contributed by atoms with E-state index in [9.17, 15) is 9.59 Å². The van der Waals surface area contributed by atoms with Crippen LogP contribution in [0.4, 0.5) is 0 Å². The van der Waals surface area contributed by atoms with Crippen LogP contribution in [0.2, 0.25) is 0 Å². The van der Waals surface area contributed by atoms with Gasteiger partial charge in [-0.05, 0) is 24.5 Å². The van der Waals surface area contributed by atoms with E-state index in [1.807, 2.05) is 13.8 Å². The zero-order chi connectivity index (χ0) is 13.2. The van der Waals surface area contributed by atoms with E-state index in [2.05, 4.69) is 0 Å². The Morgan fingerprint density at radius 2 is 2.06 bits per heavy atom. The van der Waals surface area contributed by atoms with Crippen molar-refractivity contribution in [3.63, 3.8) is 0 Å². The van der Waals surface area contributed by atoms with Crippen LogP contribution in [0.25, 0.3) is 0 Å². The first-order valence-corrected chi connectivity index (χ1v) is 6.74. The van der Waals surface area contributed by atoms with Crippen molar-refractivity contribution in [1.82, 2.24) is 0 Å². The monoisotopic (exact) mass is 258 g/mol. The molecule has 0 bridgehead atoms. The second-order valence-electron chi connectivity index (χ2n) is 4.62. The molecule has 96 valence electrons. The molecule has 0 heterocycles. The molecule has 0 aromatic carbocycles. The van der Waals surface area contributed by atoms with Crippen LogP contribution in [-0.2, 0) is 14.3 Å². The molecule has 0 spiro atoms. The van der Waals surface area contributed by atoms with E-state index in [4.69, 9.17) is 9.84 Å². The van der Waals surface area contributed by atoms with Gasteiger partial charge in [-0.25, -0.2) is 4.79 Å². The fourth-order valence-corrected chi connectivity index (χ4v) is 2.55. The Kier molecular flexibility index (Phi) is 4.25. The summed E-state index contributed by atoms with van der Waals surface area (Å²) < 4.78 is 4.91. The summed E-state index contributed by atoms with van der Waals surface area (Å²) >= 11 is 1.29.